The van der Waals surface area contributed by atoms with Crippen LogP contribution in [-0.2, 0) is 4.79 Å². The summed E-state index contributed by atoms with van der Waals surface area (Å²) in [5.41, 5.74) is 0. The van der Waals surface area contributed by atoms with E-state index < -0.39 is 0 Å². The third-order valence-corrected chi connectivity index (χ3v) is 1.76. The molecule has 0 aromatic carbocycles. The van der Waals surface area contributed by atoms with Gasteiger partial charge in [0.05, 0.1) is 5.33 Å². The Hall–Kier alpha value is -0.290. The lowest BCUT2D eigenvalue weighted by molar-refractivity contribution is -0.119. The number of alkyl halides is 1. The molecule has 0 bridgehead atoms. The van der Waals surface area contributed by atoms with Crippen LogP contribution in [0.3, 0.4) is 0 Å². The first kappa shape index (κ1) is 11.7. The first-order chi connectivity index (χ1) is 5.81. The summed E-state index contributed by atoms with van der Waals surface area (Å²) in [5, 5.41) is 0.732. The molecule has 0 aliphatic heterocycles. The molecule has 0 saturated carbocycles. The predicted octanol–water partition coefficient (Wildman–Crippen LogP) is 2.92. The third-order valence-electron chi connectivity index (χ3n) is 1.48. The lowest BCUT2D eigenvalue weighted by atomic mass is 10.1. The highest BCUT2D eigenvalue weighted by Crippen LogP contribution is 2.00. The summed E-state index contributed by atoms with van der Waals surface area (Å²) >= 11 is 3.21. The van der Waals surface area contributed by atoms with Crippen LogP contribution < -0.4 is 0 Å². The van der Waals surface area contributed by atoms with Crippen molar-refractivity contribution in [3.63, 3.8) is 0 Å². The van der Waals surface area contributed by atoms with Crippen molar-refractivity contribution in [1.82, 2.24) is 0 Å². The van der Waals surface area contributed by atoms with Gasteiger partial charge in [-0.3, -0.25) is 4.79 Å². The van der Waals surface area contributed by atoms with Crippen molar-refractivity contribution in [2.75, 3.05) is 5.33 Å². The third kappa shape index (κ3) is 7.81. The van der Waals surface area contributed by atoms with Gasteiger partial charge in [-0.25, -0.2) is 0 Å². The Balaban J connectivity index is 3.25. The molecule has 0 fully saturated rings. The molecule has 0 aliphatic rings. The van der Waals surface area contributed by atoms with Crippen LogP contribution in [0, 0.1) is 11.8 Å². The van der Waals surface area contributed by atoms with Crippen LogP contribution in [-0.4, -0.2) is 11.1 Å². The zero-order valence-corrected chi connectivity index (χ0v) is 9.11. The topological polar surface area (TPSA) is 17.1 Å². The number of hydrogen-bond donors (Lipinski definition) is 0. The second kappa shape index (κ2) is 8.80. The van der Waals surface area contributed by atoms with Gasteiger partial charge in [-0.05, 0) is 12.8 Å². The first-order valence-electron chi connectivity index (χ1n) is 4.34. The molecule has 68 valence electrons. The Bertz CT molecular complexity index is 176. The van der Waals surface area contributed by atoms with E-state index >= 15 is 0 Å². The van der Waals surface area contributed by atoms with E-state index in [1.165, 1.54) is 0 Å². The highest BCUT2D eigenvalue weighted by atomic mass is 79.9. The maximum absolute atomic E-state index is 11.0. The molecule has 0 aromatic heterocycles. The highest BCUT2D eigenvalue weighted by Gasteiger charge is 1.97. The number of hydrogen-bond acceptors (Lipinski definition) is 1. The van der Waals surface area contributed by atoms with E-state index in [-0.39, 0.29) is 0 Å². The van der Waals surface area contributed by atoms with Crippen molar-refractivity contribution in [1.29, 1.82) is 0 Å². The van der Waals surface area contributed by atoms with Gasteiger partial charge in [0.25, 0.3) is 0 Å². The number of carbonyl (C=O) groups is 1. The summed E-state index contributed by atoms with van der Waals surface area (Å²) in [4.78, 5) is 11.0. The lowest BCUT2D eigenvalue weighted by Gasteiger charge is -1.94. The maximum atomic E-state index is 11.0. The molecule has 0 rings (SSSR count). The SMILES string of the molecule is CCCC(=O)CCCC#CCBr. The second-order valence-corrected chi connectivity index (χ2v) is 3.19. The molecule has 0 aromatic rings. The van der Waals surface area contributed by atoms with E-state index in [0.717, 1.165) is 31.0 Å². The molecule has 2 heteroatoms. The molecule has 0 amide bonds. The van der Waals surface area contributed by atoms with Crippen LogP contribution >= 0.6 is 15.9 Å². The van der Waals surface area contributed by atoms with Gasteiger partial charge < -0.3 is 0 Å². The molecular formula is C10H15BrO. The van der Waals surface area contributed by atoms with Gasteiger partial charge in [0.1, 0.15) is 5.78 Å². The van der Waals surface area contributed by atoms with E-state index in [2.05, 4.69) is 27.8 Å². The van der Waals surface area contributed by atoms with Gasteiger partial charge in [-0.15, -0.1) is 5.92 Å². The van der Waals surface area contributed by atoms with Gasteiger partial charge in [-0.1, -0.05) is 28.8 Å². The molecule has 0 spiro atoms. The average Bonchev–Trinajstić information content (AvgIpc) is 2.05. The molecule has 0 aliphatic carbocycles. The van der Waals surface area contributed by atoms with E-state index in [4.69, 9.17) is 0 Å². The highest BCUT2D eigenvalue weighted by molar-refractivity contribution is 9.09. The zero-order valence-electron chi connectivity index (χ0n) is 7.53. The van der Waals surface area contributed by atoms with E-state index in [9.17, 15) is 4.79 Å². The first-order valence-corrected chi connectivity index (χ1v) is 5.46. The number of halogens is 1. The average molecular weight is 231 g/mol. The summed E-state index contributed by atoms with van der Waals surface area (Å²) in [5.74, 6) is 6.27. The van der Waals surface area contributed by atoms with Crippen molar-refractivity contribution in [3.05, 3.63) is 0 Å². The minimum absolute atomic E-state index is 0.373. The number of carbonyl (C=O) groups excluding carboxylic acids is 1. The molecule has 0 heterocycles. The van der Waals surface area contributed by atoms with E-state index in [1.807, 2.05) is 6.92 Å². The lowest BCUT2D eigenvalue weighted by Crippen LogP contribution is -1.95. The molecule has 0 atom stereocenters. The second-order valence-electron chi connectivity index (χ2n) is 2.63. The molecule has 1 nitrogen and oxygen atoms in total. The van der Waals surface area contributed by atoms with Crippen LogP contribution in [0.2, 0.25) is 0 Å². The van der Waals surface area contributed by atoms with Crippen LogP contribution in [0.4, 0.5) is 0 Å². The number of unbranched alkanes of at least 4 members (excludes halogenated alkanes) is 1. The summed E-state index contributed by atoms with van der Waals surface area (Å²) in [6, 6.07) is 0. The van der Waals surface area contributed by atoms with E-state index in [0.29, 0.717) is 12.2 Å². The fourth-order valence-corrected chi connectivity index (χ4v) is 1.11. The Morgan fingerprint density at radius 2 is 2.08 bits per heavy atom. The Kier molecular flexibility index (Phi) is 8.59. The van der Waals surface area contributed by atoms with Gasteiger partial charge in [0.15, 0.2) is 0 Å². The molecule has 0 saturated heterocycles. The van der Waals surface area contributed by atoms with Gasteiger partial charge in [0, 0.05) is 19.3 Å². The fraction of sp³-hybridized carbons (Fsp3) is 0.700. The van der Waals surface area contributed by atoms with Crippen LogP contribution in [0.25, 0.3) is 0 Å². The minimum atomic E-state index is 0.373. The largest absolute Gasteiger partial charge is 0.300 e. The van der Waals surface area contributed by atoms with Gasteiger partial charge in [0.2, 0.25) is 0 Å². The summed E-state index contributed by atoms with van der Waals surface area (Å²) in [6.07, 6.45) is 4.16. The maximum Gasteiger partial charge on any atom is 0.132 e. The monoisotopic (exact) mass is 230 g/mol. The molecular weight excluding hydrogens is 216 g/mol. The van der Waals surface area contributed by atoms with Crippen molar-refractivity contribution >= 4 is 21.7 Å². The van der Waals surface area contributed by atoms with Gasteiger partial charge in [-0.2, -0.15) is 0 Å². The number of Topliss-reactive ketones (excluding diaryl/α,β-unsaturated/α-hetero) is 1. The standard InChI is InChI=1S/C10H15BrO/c1-2-7-10(12)8-5-3-4-6-9-11/h2-3,5,7-9H2,1H3. The number of ketones is 1. The quantitative estimate of drug-likeness (QED) is 0.404. The summed E-state index contributed by atoms with van der Waals surface area (Å²) < 4.78 is 0. The van der Waals surface area contributed by atoms with Gasteiger partial charge >= 0.3 is 0 Å². The Morgan fingerprint density at radius 3 is 2.67 bits per heavy atom. The van der Waals surface area contributed by atoms with E-state index in [1.54, 1.807) is 0 Å². The van der Waals surface area contributed by atoms with Crippen LogP contribution in [0.15, 0.2) is 0 Å². The summed E-state index contributed by atoms with van der Waals surface area (Å²) in [6.45, 7) is 2.03. The Labute approximate surface area is 83.1 Å². The summed E-state index contributed by atoms with van der Waals surface area (Å²) in [7, 11) is 0. The molecule has 0 unspecified atom stereocenters. The minimum Gasteiger partial charge on any atom is -0.300 e. The van der Waals surface area contributed by atoms with Crippen molar-refractivity contribution < 1.29 is 4.79 Å². The van der Waals surface area contributed by atoms with Crippen LogP contribution in [0.5, 0.6) is 0 Å². The van der Waals surface area contributed by atoms with Crippen molar-refractivity contribution in [2.45, 2.75) is 39.0 Å². The van der Waals surface area contributed by atoms with Crippen molar-refractivity contribution in [3.8, 4) is 11.8 Å². The molecule has 0 N–H and O–H groups in total. The fourth-order valence-electron chi connectivity index (χ4n) is 0.913. The number of rotatable bonds is 5. The predicted molar refractivity (Wildman–Crippen MR) is 55.3 cm³/mol. The molecule has 0 radical (unpaired) electrons. The van der Waals surface area contributed by atoms with Crippen LogP contribution in [0.1, 0.15) is 39.0 Å². The van der Waals surface area contributed by atoms with Crippen molar-refractivity contribution in [2.24, 2.45) is 0 Å². The smallest absolute Gasteiger partial charge is 0.132 e. The zero-order chi connectivity index (χ0) is 9.23. The normalized spacial score (nSPS) is 8.83. The Morgan fingerprint density at radius 1 is 1.33 bits per heavy atom. The molecule has 12 heavy (non-hydrogen) atoms.